The first kappa shape index (κ1) is 20.4. The number of aromatic nitrogens is 1. The molecule has 0 bridgehead atoms. The highest BCUT2D eigenvalue weighted by Crippen LogP contribution is 2.27. The van der Waals surface area contributed by atoms with Crippen molar-refractivity contribution in [2.45, 2.75) is 18.4 Å². The average molecular weight is 404 g/mol. The van der Waals surface area contributed by atoms with Crippen LogP contribution in [-0.4, -0.2) is 23.8 Å². The number of hydrogen-bond donors (Lipinski definition) is 1. The van der Waals surface area contributed by atoms with Crippen molar-refractivity contribution in [3.63, 3.8) is 0 Å². The smallest absolute Gasteiger partial charge is 0.225 e. The van der Waals surface area contributed by atoms with Crippen molar-refractivity contribution < 1.29 is 9.53 Å². The van der Waals surface area contributed by atoms with Crippen molar-refractivity contribution in [2.24, 2.45) is 0 Å². The van der Waals surface area contributed by atoms with Gasteiger partial charge < -0.3 is 10.1 Å². The molecule has 146 valence electrons. The van der Waals surface area contributed by atoms with E-state index < -0.39 is 0 Å². The van der Waals surface area contributed by atoms with E-state index in [1.54, 1.807) is 13.2 Å². The molecule has 1 aromatic heterocycles. The standard InChI is InChI=1S/C23H21N3O2S/c1-16-5-3-4-6-20(16)25-22(27)13-14-29-23-18(15-24)9-12-21(26-23)17-7-10-19(28-2)11-8-17/h3-12H,13-14H2,1-2H3,(H,25,27). The van der Waals surface area contributed by atoms with Crippen LogP contribution in [0.3, 0.4) is 0 Å². The first-order valence-electron chi connectivity index (χ1n) is 9.14. The normalized spacial score (nSPS) is 10.2. The van der Waals surface area contributed by atoms with Crippen LogP contribution >= 0.6 is 11.8 Å². The number of nitriles is 1. The second kappa shape index (κ2) is 9.76. The van der Waals surface area contributed by atoms with Crippen LogP contribution in [-0.2, 0) is 4.79 Å². The molecule has 0 saturated heterocycles. The van der Waals surface area contributed by atoms with Gasteiger partial charge in [-0.1, -0.05) is 18.2 Å². The van der Waals surface area contributed by atoms with Crippen molar-refractivity contribution >= 4 is 23.4 Å². The highest BCUT2D eigenvalue weighted by Gasteiger charge is 2.10. The molecule has 0 aliphatic carbocycles. The molecule has 1 amide bonds. The molecular formula is C23H21N3O2S. The van der Waals surface area contributed by atoms with Gasteiger partial charge in [0.25, 0.3) is 0 Å². The zero-order valence-electron chi connectivity index (χ0n) is 16.3. The Hall–Kier alpha value is -3.30. The molecule has 0 unspecified atom stereocenters. The summed E-state index contributed by atoms with van der Waals surface area (Å²) < 4.78 is 5.19. The first-order chi connectivity index (χ1) is 14.1. The molecule has 0 radical (unpaired) electrons. The molecule has 29 heavy (non-hydrogen) atoms. The van der Waals surface area contributed by atoms with Crippen LogP contribution in [0, 0.1) is 18.3 Å². The minimum Gasteiger partial charge on any atom is -0.497 e. The van der Waals surface area contributed by atoms with Crippen molar-refractivity contribution in [3.05, 3.63) is 71.8 Å². The third-order valence-electron chi connectivity index (χ3n) is 4.35. The Morgan fingerprint density at radius 3 is 2.59 bits per heavy atom. The SMILES string of the molecule is COc1ccc(-c2ccc(C#N)c(SCCC(=O)Nc3ccccc3C)n2)cc1. The molecule has 0 fully saturated rings. The fraction of sp³-hybridized carbons (Fsp3) is 0.174. The number of hydrogen-bond acceptors (Lipinski definition) is 5. The van der Waals surface area contributed by atoms with E-state index in [0.717, 1.165) is 28.3 Å². The average Bonchev–Trinajstić information content (AvgIpc) is 2.75. The van der Waals surface area contributed by atoms with E-state index in [1.165, 1.54) is 11.8 Å². The van der Waals surface area contributed by atoms with Crippen LogP contribution < -0.4 is 10.1 Å². The lowest BCUT2D eigenvalue weighted by Crippen LogP contribution is -2.13. The summed E-state index contributed by atoms with van der Waals surface area (Å²) in [5.74, 6) is 1.25. The summed E-state index contributed by atoms with van der Waals surface area (Å²) in [6.45, 7) is 1.96. The number of carbonyl (C=O) groups excluding carboxylic acids is 1. The van der Waals surface area contributed by atoms with Gasteiger partial charge in [-0.25, -0.2) is 4.98 Å². The lowest BCUT2D eigenvalue weighted by atomic mass is 10.1. The van der Waals surface area contributed by atoms with Crippen molar-refractivity contribution in [1.82, 2.24) is 4.98 Å². The van der Waals surface area contributed by atoms with Gasteiger partial charge in [-0.05, 0) is 55.0 Å². The molecule has 3 aromatic rings. The number of carbonyl (C=O) groups is 1. The molecule has 5 nitrogen and oxygen atoms in total. The van der Waals surface area contributed by atoms with Gasteiger partial charge in [0.05, 0.1) is 18.4 Å². The second-order valence-corrected chi connectivity index (χ2v) is 7.43. The number of aryl methyl sites for hydroxylation is 1. The van der Waals surface area contributed by atoms with E-state index in [2.05, 4.69) is 16.4 Å². The number of para-hydroxylation sites is 1. The third kappa shape index (κ3) is 5.37. The number of methoxy groups -OCH3 is 1. The lowest BCUT2D eigenvalue weighted by molar-refractivity contribution is -0.115. The molecule has 0 aliphatic rings. The molecule has 2 aromatic carbocycles. The van der Waals surface area contributed by atoms with Crippen LogP contribution in [0.15, 0.2) is 65.7 Å². The quantitative estimate of drug-likeness (QED) is 0.558. The van der Waals surface area contributed by atoms with Gasteiger partial charge in [0.2, 0.25) is 5.91 Å². The van der Waals surface area contributed by atoms with Gasteiger partial charge in [0.15, 0.2) is 0 Å². The first-order valence-corrected chi connectivity index (χ1v) is 10.1. The molecule has 0 atom stereocenters. The number of thioether (sulfide) groups is 1. The topological polar surface area (TPSA) is 75.0 Å². The summed E-state index contributed by atoms with van der Waals surface area (Å²) in [5, 5.41) is 12.9. The summed E-state index contributed by atoms with van der Waals surface area (Å²) in [4.78, 5) is 16.9. The molecule has 3 rings (SSSR count). The highest BCUT2D eigenvalue weighted by atomic mass is 32.2. The predicted molar refractivity (Wildman–Crippen MR) is 116 cm³/mol. The second-order valence-electron chi connectivity index (χ2n) is 6.35. The van der Waals surface area contributed by atoms with Gasteiger partial charge in [0, 0.05) is 23.4 Å². The maximum atomic E-state index is 12.2. The number of pyridine rings is 1. The summed E-state index contributed by atoms with van der Waals surface area (Å²) in [6, 6.07) is 21.0. The largest absolute Gasteiger partial charge is 0.497 e. The zero-order chi connectivity index (χ0) is 20.6. The van der Waals surface area contributed by atoms with E-state index in [-0.39, 0.29) is 5.91 Å². The number of amides is 1. The summed E-state index contributed by atoms with van der Waals surface area (Å²) in [6.07, 6.45) is 0.332. The number of anilines is 1. The molecule has 6 heteroatoms. The van der Waals surface area contributed by atoms with Crippen molar-refractivity contribution in [1.29, 1.82) is 5.26 Å². The van der Waals surface area contributed by atoms with E-state index in [0.29, 0.717) is 22.8 Å². The fourth-order valence-electron chi connectivity index (χ4n) is 2.72. The Labute approximate surface area is 174 Å². The van der Waals surface area contributed by atoms with Crippen LogP contribution in [0.1, 0.15) is 17.5 Å². The van der Waals surface area contributed by atoms with Gasteiger partial charge in [0.1, 0.15) is 16.8 Å². The monoisotopic (exact) mass is 403 g/mol. The summed E-state index contributed by atoms with van der Waals surface area (Å²) >= 11 is 1.41. The van der Waals surface area contributed by atoms with Crippen LogP contribution in [0.4, 0.5) is 5.69 Å². The van der Waals surface area contributed by atoms with Crippen molar-refractivity contribution in [3.8, 4) is 23.1 Å². The predicted octanol–water partition coefficient (Wildman–Crippen LogP) is 5.06. The van der Waals surface area contributed by atoms with Gasteiger partial charge in [-0.15, -0.1) is 11.8 Å². The number of nitrogens with one attached hydrogen (secondary N) is 1. The fourth-order valence-corrected chi connectivity index (χ4v) is 3.64. The molecule has 0 spiro atoms. The van der Waals surface area contributed by atoms with E-state index in [1.807, 2.05) is 61.5 Å². The maximum Gasteiger partial charge on any atom is 0.225 e. The highest BCUT2D eigenvalue weighted by molar-refractivity contribution is 7.99. The Bertz CT molecular complexity index is 1040. The van der Waals surface area contributed by atoms with Crippen molar-refractivity contribution in [2.75, 3.05) is 18.2 Å². The Balaban J connectivity index is 1.65. The lowest BCUT2D eigenvalue weighted by Gasteiger charge is -2.09. The minimum atomic E-state index is -0.0587. The summed E-state index contributed by atoms with van der Waals surface area (Å²) in [5.41, 5.74) is 4.06. The Morgan fingerprint density at radius 1 is 1.14 bits per heavy atom. The van der Waals surface area contributed by atoms with Gasteiger partial charge >= 0.3 is 0 Å². The van der Waals surface area contributed by atoms with Crippen LogP contribution in [0.2, 0.25) is 0 Å². The van der Waals surface area contributed by atoms with Crippen LogP contribution in [0.5, 0.6) is 5.75 Å². The van der Waals surface area contributed by atoms with E-state index in [9.17, 15) is 10.1 Å². The third-order valence-corrected chi connectivity index (χ3v) is 5.35. The maximum absolute atomic E-state index is 12.2. The van der Waals surface area contributed by atoms with E-state index in [4.69, 9.17) is 4.74 Å². The Morgan fingerprint density at radius 2 is 1.90 bits per heavy atom. The number of rotatable bonds is 7. The number of ether oxygens (including phenoxy) is 1. The van der Waals surface area contributed by atoms with Gasteiger partial charge in [-0.3, -0.25) is 4.79 Å². The van der Waals surface area contributed by atoms with E-state index >= 15 is 0 Å². The number of nitrogens with zero attached hydrogens (tertiary/aromatic N) is 2. The molecule has 0 saturated carbocycles. The molecule has 1 N–H and O–H groups in total. The number of benzene rings is 2. The Kier molecular flexibility index (Phi) is 6.88. The summed E-state index contributed by atoms with van der Waals surface area (Å²) in [7, 11) is 1.62. The van der Waals surface area contributed by atoms with Gasteiger partial charge in [-0.2, -0.15) is 5.26 Å². The molecule has 1 heterocycles. The molecular weight excluding hydrogens is 382 g/mol. The molecule has 0 aliphatic heterocycles. The zero-order valence-corrected chi connectivity index (χ0v) is 17.1. The minimum absolute atomic E-state index is 0.0587. The van der Waals surface area contributed by atoms with Crippen LogP contribution in [0.25, 0.3) is 11.3 Å².